The highest BCUT2D eigenvalue weighted by molar-refractivity contribution is 5.94. The Bertz CT molecular complexity index is 895. The van der Waals surface area contributed by atoms with E-state index in [0.717, 1.165) is 18.4 Å². The minimum absolute atomic E-state index is 0.0629. The molecule has 0 saturated carbocycles. The van der Waals surface area contributed by atoms with Crippen molar-refractivity contribution in [3.05, 3.63) is 59.4 Å². The van der Waals surface area contributed by atoms with Crippen molar-refractivity contribution in [1.82, 2.24) is 10.2 Å². The minimum Gasteiger partial charge on any atom is -0.493 e. The maximum atomic E-state index is 13.8. The van der Waals surface area contributed by atoms with Gasteiger partial charge in [0.2, 0.25) is 5.91 Å². The van der Waals surface area contributed by atoms with Gasteiger partial charge in [-0.05, 0) is 48.6 Å². The average Bonchev–Trinajstić information content (AvgIpc) is 2.78. The van der Waals surface area contributed by atoms with Crippen molar-refractivity contribution in [3.8, 4) is 11.5 Å². The van der Waals surface area contributed by atoms with Crippen LogP contribution in [-0.2, 0) is 11.2 Å². The summed E-state index contributed by atoms with van der Waals surface area (Å²) >= 11 is 0. The van der Waals surface area contributed by atoms with Gasteiger partial charge >= 0.3 is 0 Å². The van der Waals surface area contributed by atoms with Gasteiger partial charge in [-0.3, -0.25) is 9.59 Å². The molecule has 7 heteroatoms. The van der Waals surface area contributed by atoms with Crippen LogP contribution >= 0.6 is 0 Å². The van der Waals surface area contributed by atoms with Crippen LogP contribution in [0.4, 0.5) is 4.39 Å². The van der Waals surface area contributed by atoms with Crippen molar-refractivity contribution < 1.29 is 23.5 Å². The fourth-order valence-corrected chi connectivity index (χ4v) is 3.64. The summed E-state index contributed by atoms with van der Waals surface area (Å²) in [5, 5.41) is 2.98. The second-order valence-electron chi connectivity index (χ2n) is 7.39. The van der Waals surface area contributed by atoms with Crippen molar-refractivity contribution in [2.24, 2.45) is 5.92 Å². The lowest BCUT2D eigenvalue weighted by atomic mass is 9.96. The zero-order chi connectivity index (χ0) is 21.5. The number of ether oxygens (including phenoxy) is 2. The third-order valence-corrected chi connectivity index (χ3v) is 5.41. The van der Waals surface area contributed by atoms with Crippen molar-refractivity contribution in [2.45, 2.75) is 19.3 Å². The molecule has 3 rings (SSSR count). The number of nitrogens with zero attached hydrogens (tertiary/aromatic N) is 1. The maximum absolute atomic E-state index is 13.8. The van der Waals surface area contributed by atoms with Gasteiger partial charge in [0.25, 0.3) is 5.91 Å². The molecule has 1 N–H and O–H groups in total. The fourth-order valence-electron chi connectivity index (χ4n) is 3.64. The van der Waals surface area contributed by atoms with Gasteiger partial charge in [0, 0.05) is 19.6 Å². The number of amides is 2. The Labute approximate surface area is 176 Å². The van der Waals surface area contributed by atoms with Gasteiger partial charge in [-0.2, -0.15) is 0 Å². The summed E-state index contributed by atoms with van der Waals surface area (Å²) in [5.74, 6) is 0.681. The van der Waals surface area contributed by atoms with Crippen LogP contribution in [0.3, 0.4) is 0 Å². The molecule has 0 unspecified atom stereocenters. The van der Waals surface area contributed by atoms with Gasteiger partial charge < -0.3 is 19.7 Å². The number of methoxy groups -OCH3 is 2. The summed E-state index contributed by atoms with van der Waals surface area (Å²) in [6, 6.07) is 11.5. The predicted molar refractivity (Wildman–Crippen MR) is 111 cm³/mol. The van der Waals surface area contributed by atoms with Crippen LogP contribution in [0, 0.1) is 11.7 Å². The summed E-state index contributed by atoms with van der Waals surface area (Å²) in [5.41, 5.74) is 0.953. The van der Waals surface area contributed by atoms with Crippen LogP contribution in [0.15, 0.2) is 42.5 Å². The van der Waals surface area contributed by atoms with E-state index in [1.807, 2.05) is 6.07 Å². The summed E-state index contributed by atoms with van der Waals surface area (Å²) in [7, 11) is 3.13. The first kappa shape index (κ1) is 21.6. The first-order chi connectivity index (χ1) is 14.5. The summed E-state index contributed by atoms with van der Waals surface area (Å²) in [6.07, 6.45) is 1.80. The molecule has 0 radical (unpaired) electrons. The minimum atomic E-state index is -0.493. The maximum Gasteiger partial charge on any atom is 0.256 e. The zero-order valence-corrected chi connectivity index (χ0v) is 17.3. The Morgan fingerprint density at radius 1 is 1.07 bits per heavy atom. The third-order valence-electron chi connectivity index (χ3n) is 5.41. The highest BCUT2D eigenvalue weighted by atomic mass is 19.1. The lowest BCUT2D eigenvalue weighted by Crippen LogP contribution is -2.42. The van der Waals surface area contributed by atoms with E-state index in [0.29, 0.717) is 37.1 Å². The lowest BCUT2D eigenvalue weighted by Gasteiger charge is -2.32. The molecule has 1 heterocycles. The number of benzene rings is 2. The van der Waals surface area contributed by atoms with Crippen LogP contribution in [0.1, 0.15) is 28.8 Å². The van der Waals surface area contributed by atoms with E-state index < -0.39 is 5.82 Å². The highest BCUT2D eigenvalue weighted by Crippen LogP contribution is 2.27. The Hall–Kier alpha value is -3.09. The molecule has 0 aromatic heterocycles. The summed E-state index contributed by atoms with van der Waals surface area (Å²) < 4.78 is 24.3. The second-order valence-corrected chi connectivity index (χ2v) is 7.39. The molecule has 2 amide bonds. The molecule has 1 saturated heterocycles. The molecule has 1 fully saturated rings. The van der Waals surface area contributed by atoms with Gasteiger partial charge in [0.05, 0.1) is 26.2 Å². The van der Waals surface area contributed by atoms with E-state index in [4.69, 9.17) is 9.47 Å². The average molecular weight is 414 g/mol. The largest absolute Gasteiger partial charge is 0.493 e. The highest BCUT2D eigenvalue weighted by Gasteiger charge is 2.25. The molecule has 0 bridgehead atoms. The van der Waals surface area contributed by atoms with Crippen molar-refractivity contribution in [1.29, 1.82) is 0 Å². The van der Waals surface area contributed by atoms with Gasteiger partial charge in [0.1, 0.15) is 5.82 Å². The monoisotopic (exact) mass is 414 g/mol. The van der Waals surface area contributed by atoms with Crippen LogP contribution in [0.5, 0.6) is 11.5 Å². The Balaban J connectivity index is 1.45. The van der Waals surface area contributed by atoms with Crippen molar-refractivity contribution >= 4 is 11.8 Å². The number of hydrogen-bond acceptors (Lipinski definition) is 4. The smallest absolute Gasteiger partial charge is 0.256 e. The lowest BCUT2D eigenvalue weighted by molar-refractivity contribution is -0.120. The van der Waals surface area contributed by atoms with E-state index in [9.17, 15) is 14.0 Å². The number of nitrogens with one attached hydrogen (secondary N) is 1. The molecular weight excluding hydrogens is 387 g/mol. The summed E-state index contributed by atoms with van der Waals surface area (Å²) in [4.78, 5) is 26.5. The van der Waals surface area contributed by atoms with Gasteiger partial charge in [-0.15, -0.1) is 0 Å². The fraction of sp³-hybridized carbons (Fsp3) is 0.391. The number of piperidine rings is 1. The predicted octanol–water partition coefficient (Wildman–Crippen LogP) is 3.05. The third kappa shape index (κ3) is 5.28. The van der Waals surface area contributed by atoms with E-state index in [-0.39, 0.29) is 23.8 Å². The Morgan fingerprint density at radius 3 is 2.43 bits per heavy atom. The number of carbonyl (C=O) groups is 2. The quantitative estimate of drug-likeness (QED) is 0.756. The van der Waals surface area contributed by atoms with Gasteiger partial charge in [-0.25, -0.2) is 4.39 Å². The Kier molecular flexibility index (Phi) is 7.27. The molecule has 160 valence electrons. The number of rotatable bonds is 7. The molecule has 2 aromatic carbocycles. The molecule has 0 atom stereocenters. The first-order valence-electron chi connectivity index (χ1n) is 10.0. The second kappa shape index (κ2) is 10.1. The van der Waals surface area contributed by atoms with Crippen LogP contribution in [-0.4, -0.2) is 50.6 Å². The van der Waals surface area contributed by atoms with E-state index >= 15 is 0 Å². The number of carbonyl (C=O) groups excluding carboxylic acids is 2. The van der Waals surface area contributed by atoms with E-state index in [1.165, 1.54) is 12.1 Å². The van der Waals surface area contributed by atoms with E-state index in [2.05, 4.69) is 5.32 Å². The van der Waals surface area contributed by atoms with Gasteiger partial charge in [0.15, 0.2) is 11.5 Å². The summed E-state index contributed by atoms with van der Waals surface area (Å²) in [6.45, 7) is 1.68. The molecule has 0 spiro atoms. The molecule has 1 aliphatic rings. The van der Waals surface area contributed by atoms with Crippen LogP contribution < -0.4 is 14.8 Å². The first-order valence-corrected chi connectivity index (χ1v) is 10.0. The normalized spacial score (nSPS) is 14.3. The Morgan fingerprint density at radius 2 is 1.77 bits per heavy atom. The standard InChI is InChI=1S/C23H27FN2O4/c1-29-20-8-7-17(13-21(20)30-2)14-22(27)25-15-16-9-11-26(12-10-16)23(28)18-5-3-4-6-19(18)24/h3-8,13,16H,9-12,14-15H2,1-2H3,(H,25,27). The zero-order valence-electron chi connectivity index (χ0n) is 17.3. The van der Waals surface area contributed by atoms with Crippen LogP contribution in [0.2, 0.25) is 0 Å². The number of likely N-dealkylation sites (tertiary alicyclic amines) is 1. The van der Waals surface area contributed by atoms with Crippen molar-refractivity contribution in [2.75, 3.05) is 33.9 Å². The SMILES string of the molecule is COc1ccc(CC(=O)NCC2CCN(C(=O)c3ccccc3F)CC2)cc1OC. The molecular formula is C23H27FN2O4. The van der Waals surface area contributed by atoms with E-state index in [1.54, 1.807) is 43.4 Å². The molecule has 1 aliphatic heterocycles. The van der Waals surface area contributed by atoms with Crippen molar-refractivity contribution in [3.63, 3.8) is 0 Å². The topological polar surface area (TPSA) is 67.9 Å². The van der Waals surface area contributed by atoms with Crippen LogP contribution in [0.25, 0.3) is 0 Å². The molecule has 2 aromatic rings. The number of halogens is 1. The number of hydrogen-bond donors (Lipinski definition) is 1. The van der Waals surface area contributed by atoms with Gasteiger partial charge in [-0.1, -0.05) is 18.2 Å². The molecule has 6 nitrogen and oxygen atoms in total. The molecule has 30 heavy (non-hydrogen) atoms. The molecule has 0 aliphatic carbocycles.